The highest BCUT2D eigenvalue weighted by molar-refractivity contribution is 6.05. The molecule has 22 heavy (non-hydrogen) atoms. The van der Waals surface area contributed by atoms with E-state index in [1.165, 1.54) is 30.5 Å². The number of fused-ring (bicyclic) bond motifs is 1. The molecule has 6 heteroatoms. The first-order chi connectivity index (χ1) is 10.6. The Balaban J connectivity index is 2.03. The lowest BCUT2D eigenvalue weighted by molar-refractivity contribution is 0.0974. The molecule has 1 amide bonds. The standard InChI is InChI=1S/C16H16FN3O2/c1-10-6-11-4-3-5-12(17)15(11)20(8-10)16(21)13-7-14(22-2)19-9-18-13/h3-5,7,9-10H,6,8H2,1-2H3. The quantitative estimate of drug-likeness (QED) is 0.855. The molecule has 0 radical (unpaired) electrons. The van der Waals surface area contributed by atoms with E-state index in [4.69, 9.17) is 4.74 Å². The van der Waals surface area contributed by atoms with Crippen molar-refractivity contribution in [2.75, 3.05) is 18.6 Å². The molecule has 5 nitrogen and oxygen atoms in total. The van der Waals surface area contributed by atoms with Gasteiger partial charge < -0.3 is 9.64 Å². The van der Waals surface area contributed by atoms with Crippen molar-refractivity contribution in [2.24, 2.45) is 5.92 Å². The van der Waals surface area contributed by atoms with Gasteiger partial charge in [0.2, 0.25) is 5.88 Å². The van der Waals surface area contributed by atoms with Gasteiger partial charge in [0.05, 0.1) is 12.8 Å². The first-order valence-electron chi connectivity index (χ1n) is 7.05. The lowest BCUT2D eigenvalue weighted by Gasteiger charge is -2.33. The Labute approximate surface area is 127 Å². The van der Waals surface area contributed by atoms with Crippen LogP contribution >= 0.6 is 0 Å². The van der Waals surface area contributed by atoms with Crippen LogP contribution in [0, 0.1) is 11.7 Å². The number of carbonyl (C=O) groups excluding carboxylic acids is 1. The Bertz CT molecular complexity index is 720. The molecule has 1 aromatic carbocycles. The van der Waals surface area contributed by atoms with Gasteiger partial charge in [0, 0.05) is 12.6 Å². The van der Waals surface area contributed by atoms with Gasteiger partial charge in [0.25, 0.3) is 5.91 Å². The maximum absolute atomic E-state index is 14.2. The smallest absolute Gasteiger partial charge is 0.277 e. The molecule has 1 aromatic heterocycles. The largest absolute Gasteiger partial charge is 0.481 e. The first-order valence-corrected chi connectivity index (χ1v) is 7.05. The molecular formula is C16H16FN3O2. The van der Waals surface area contributed by atoms with Crippen LogP contribution in [0.3, 0.4) is 0 Å². The van der Waals surface area contributed by atoms with Gasteiger partial charge in [-0.2, -0.15) is 0 Å². The predicted octanol–water partition coefficient (Wildman–Crippen LogP) is 2.46. The number of nitrogens with zero attached hydrogens (tertiary/aromatic N) is 3. The van der Waals surface area contributed by atoms with Crippen LogP contribution in [0.4, 0.5) is 10.1 Å². The fourth-order valence-corrected chi connectivity index (χ4v) is 2.76. The van der Waals surface area contributed by atoms with Crippen molar-refractivity contribution < 1.29 is 13.9 Å². The van der Waals surface area contributed by atoms with E-state index in [2.05, 4.69) is 9.97 Å². The molecule has 1 aliphatic heterocycles. The molecule has 0 saturated carbocycles. The summed E-state index contributed by atoms with van der Waals surface area (Å²) in [6, 6.07) is 6.36. The Morgan fingerprint density at radius 3 is 3.00 bits per heavy atom. The van der Waals surface area contributed by atoms with E-state index in [1.807, 2.05) is 13.0 Å². The molecule has 2 heterocycles. The summed E-state index contributed by atoms with van der Waals surface area (Å²) >= 11 is 0. The number of methoxy groups -OCH3 is 1. The second kappa shape index (κ2) is 5.71. The number of para-hydroxylation sites is 1. The van der Waals surface area contributed by atoms with E-state index in [-0.39, 0.29) is 17.5 Å². The highest BCUT2D eigenvalue weighted by atomic mass is 19.1. The van der Waals surface area contributed by atoms with Gasteiger partial charge >= 0.3 is 0 Å². The van der Waals surface area contributed by atoms with Gasteiger partial charge in [-0.1, -0.05) is 19.1 Å². The zero-order valence-electron chi connectivity index (χ0n) is 12.4. The summed E-state index contributed by atoms with van der Waals surface area (Å²) in [6.07, 6.45) is 2.02. The van der Waals surface area contributed by atoms with Crippen LogP contribution in [0.2, 0.25) is 0 Å². The van der Waals surface area contributed by atoms with Crippen molar-refractivity contribution >= 4 is 11.6 Å². The summed E-state index contributed by atoms with van der Waals surface area (Å²) in [5.41, 5.74) is 1.38. The molecule has 114 valence electrons. The van der Waals surface area contributed by atoms with E-state index in [0.717, 1.165) is 12.0 Å². The average Bonchev–Trinajstić information content (AvgIpc) is 2.53. The minimum atomic E-state index is -0.390. The highest BCUT2D eigenvalue weighted by Crippen LogP contribution is 2.33. The molecule has 3 rings (SSSR count). The minimum absolute atomic E-state index is 0.190. The van der Waals surface area contributed by atoms with Crippen molar-refractivity contribution in [3.63, 3.8) is 0 Å². The van der Waals surface area contributed by atoms with Crippen LogP contribution in [0.1, 0.15) is 23.0 Å². The number of carbonyl (C=O) groups is 1. The average molecular weight is 301 g/mol. The van der Waals surface area contributed by atoms with Crippen LogP contribution in [-0.4, -0.2) is 29.5 Å². The van der Waals surface area contributed by atoms with Gasteiger partial charge in [0.15, 0.2) is 0 Å². The summed E-state index contributed by atoms with van der Waals surface area (Å²) in [5.74, 6) is -0.184. The fraction of sp³-hybridized carbons (Fsp3) is 0.312. The molecule has 1 unspecified atom stereocenters. The van der Waals surface area contributed by atoms with Crippen molar-refractivity contribution in [2.45, 2.75) is 13.3 Å². The number of ether oxygens (including phenoxy) is 1. The van der Waals surface area contributed by atoms with Crippen LogP contribution in [0.25, 0.3) is 0 Å². The van der Waals surface area contributed by atoms with Crippen LogP contribution in [-0.2, 0) is 6.42 Å². The highest BCUT2D eigenvalue weighted by Gasteiger charge is 2.30. The van der Waals surface area contributed by atoms with Gasteiger partial charge in [-0.15, -0.1) is 0 Å². The topological polar surface area (TPSA) is 55.3 Å². The number of aromatic nitrogens is 2. The number of amides is 1. The van der Waals surface area contributed by atoms with E-state index in [0.29, 0.717) is 18.1 Å². The molecule has 0 spiro atoms. The van der Waals surface area contributed by atoms with Crippen molar-refractivity contribution in [3.05, 3.63) is 47.7 Å². The number of hydrogen-bond donors (Lipinski definition) is 0. The number of anilines is 1. The zero-order chi connectivity index (χ0) is 15.7. The summed E-state index contributed by atoms with van der Waals surface area (Å²) in [4.78, 5) is 22.1. The van der Waals surface area contributed by atoms with E-state index in [9.17, 15) is 9.18 Å². The minimum Gasteiger partial charge on any atom is -0.481 e. The summed E-state index contributed by atoms with van der Waals surface area (Å²) in [5, 5.41) is 0. The molecule has 0 aliphatic carbocycles. The monoisotopic (exact) mass is 301 g/mol. The lowest BCUT2D eigenvalue weighted by atomic mass is 9.93. The summed E-state index contributed by atoms with van der Waals surface area (Å²) in [6.45, 7) is 2.49. The third-order valence-electron chi connectivity index (χ3n) is 3.72. The molecule has 1 aliphatic rings. The zero-order valence-corrected chi connectivity index (χ0v) is 12.4. The Morgan fingerprint density at radius 2 is 2.23 bits per heavy atom. The van der Waals surface area contributed by atoms with Crippen molar-refractivity contribution in [1.29, 1.82) is 0 Å². The van der Waals surface area contributed by atoms with E-state index < -0.39 is 5.82 Å². The molecule has 0 N–H and O–H groups in total. The molecular weight excluding hydrogens is 285 g/mol. The molecule has 1 atom stereocenters. The summed E-state index contributed by atoms with van der Waals surface area (Å²) < 4.78 is 19.2. The van der Waals surface area contributed by atoms with E-state index >= 15 is 0 Å². The normalized spacial score (nSPS) is 17.0. The van der Waals surface area contributed by atoms with Gasteiger partial charge in [0.1, 0.15) is 17.8 Å². The lowest BCUT2D eigenvalue weighted by Crippen LogP contribution is -2.40. The third kappa shape index (κ3) is 2.52. The van der Waals surface area contributed by atoms with Crippen molar-refractivity contribution in [1.82, 2.24) is 9.97 Å². The van der Waals surface area contributed by atoms with Crippen LogP contribution in [0.15, 0.2) is 30.6 Å². The van der Waals surface area contributed by atoms with Crippen LogP contribution < -0.4 is 9.64 Å². The number of hydrogen-bond acceptors (Lipinski definition) is 4. The Kier molecular flexibility index (Phi) is 3.75. The molecule has 0 fully saturated rings. The van der Waals surface area contributed by atoms with Crippen LogP contribution in [0.5, 0.6) is 5.88 Å². The summed E-state index contributed by atoms with van der Waals surface area (Å²) in [7, 11) is 1.47. The van der Waals surface area contributed by atoms with Gasteiger partial charge in [-0.25, -0.2) is 14.4 Å². The number of rotatable bonds is 2. The SMILES string of the molecule is COc1cc(C(=O)N2CC(C)Cc3cccc(F)c32)ncn1. The second-order valence-corrected chi connectivity index (χ2v) is 5.42. The van der Waals surface area contributed by atoms with Crippen molar-refractivity contribution in [3.8, 4) is 5.88 Å². The Hall–Kier alpha value is -2.50. The maximum atomic E-state index is 14.2. The maximum Gasteiger partial charge on any atom is 0.277 e. The second-order valence-electron chi connectivity index (χ2n) is 5.42. The number of halogens is 1. The molecule has 0 bridgehead atoms. The molecule has 2 aromatic rings. The predicted molar refractivity (Wildman–Crippen MR) is 79.5 cm³/mol. The Morgan fingerprint density at radius 1 is 1.41 bits per heavy atom. The molecule has 0 saturated heterocycles. The fourth-order valence-electron chi connectivity index (χ4n) is 2.76. The third-order valence-corrected chi connectivity index (χ3v) is 3.72. The number of benzene rings is 1. The van der Waals surface area contributed by atoms with Gasteiger partial charge in [-0.05, 0) is 24.0 Å². The van der Waals surface area contributed by atoms with Gasteiger partial charge in [-0.3, -0.25) is 4.79 Å². The van der Waals surface area contributed by atoms with E-state index in [1.54, 1.807) is 6.07 Å². The first kappa shape index (κ1) is 14.4.